The van der Waals surface area contributed by atoms with E-state index in [4.69, 9.17) is 17.0 Å². The van der Waals surface area contributed by atoms with Gasteiger partial charge in [0.1, 0.15) is 16.2 Å². The molecule has 0 saturated carbocycles. The molecule has 2 aliphatic rings. The van der Waals surface area contributed by atoms with Crippen LogP contribution in [0.15, 0.2) is 71.2 Å². The Morgan fingerprint density at radius 3 is 2.56 bits per heavy atom. The number of amides is 1. The lowest BCUT2D eigenvalue weighted by molar-refractivity contribution is -0.121. The summed E-state index contributed by atoms with van der Waals surface area (Å²) in [6.45, 7) is 0. The molecular weight excluding hydrogens is 350 g/mol. The molecule has 1 atom stereocenters. The van der Waals surface area contributed by atoms with E-state index >= 15 is 0 Å². The van der Waals surface area contributed by atoms with Crippen molar-refractivity contribution in [1.29, 1.82) is 0 Å². The highest BCUT2D eigenvalue weighted by Crippen LogP contribution is 2.40. The fourth-order valence-electron chi connectivity index (χ4n) is 2.86. The molecule has 0 N–H and O–H groups in total. The quantitative estimate of drug-likeness (QED) is 0.576. The molecule has 2 heterocycles. The standard InChI is InChI=1S/C20H15NO2S2/c1-21-19(22)17(25-20(21)24)12-15-11-14-9-5-6-10-16(14)23-18(15)13-7-3-2-4-8-13/h2-12,18H,1H3/b17-12-. The van der Waals surface area contributed by atoms with Gasteiger partial charge in [-0.2, -0.15) is 0 Å². The minimum Gasteiger partial charge on any atom is -0.480 e. The number of nitrogens with zero attached hydrogens (tertiary/aromatic N) is 1. The molecular formula is C20H15NO2S2. The van der Waals surface area contributed by atoms with Crippen LogP contribution in [-0.4, -0.2) is 22.2 Å². The van der Waals surface area contributed by atoms with Crippen LogP contribution in [-0.2, 0) is 4.79 Å². The van der Waals surface area contributed by atoms with Crippen molar-refractivity contribution < 1.29 is 9.53 Å². The number of thiocarbonyl (C=S) groups is 1. The predicted molar refractivity (Wildman–Crippen MR) is 105 cm³/mol. The van der Waals surface area contributed by atoms with E-state index in [9.17, 15) is 4.79 Å². The van der Waals surface area contributed by atoms with Gasteiger partial charge in [0.15, 0.2) is 0 Å². The number of benzene rings is 2. The largest absolute Gasteiger partial charge is 0.480 e. The van der Waals surface area contributed by atoms with Crippen LogP contribution in [0.1, 0.15) is 17.2 Å². The molecule has 124 valence electrons. The van der Waals surface area contributed by atoms with Crippen LogP contribution in [0, 0.1) is 0 Å². The van der Waals surface area contributed by atoms with Crippen molar-refractivity contribution in [3.05, 3.63) is 82.3 Å². The van der Waals surface area contributed by atoms with E-state index in [1.807, 2.05) is 60.7 Å². The molecule has 25 heavy (non-hydrogen) atoms. The molecule has 5 heteroatoms. The lowest BCUT2D eigenvalue weighted by atomic mass is 9.95. The zero-order valence-electron chi connectivity index (χ0n) is 13.5. The SMILES string of the molecule is CN1C(=O)/C(=C/C2=Cc3ccccc3OC2c2ccccc2)SC1=S. The Hall–Kier alpha value is -2.37. The van der Waals surface area contributed by atoms with Gasteiger partial charge >= 0.3 is 0 Å². The molecule has 2 aliphatic heterocycles. The van der Waals surface area contributed by atoms with Crippen LogP contribution in [0.5, 0.6) is 5.75 Å². The molecule has 1 amide bonds. The summed E-state index contributed by atoms with van der Waals surface area (Å²) in [5.74, 6) is 0.776. The first-order valence-electron chi connectivity index (χ1n) is 7.87. The zero-order chi connectivity index (χ0) is 17.4. The first-order chi connectivity index (χ1) is 12.1. The van der Waals surface area contributed by atoms with Crippen LogP contribution < -0.4 is 4.74 Å². The summed E-state index contributed by atoms with van der Waals surface area (Å²) in [5, 5.41) is 0. The van der Waals surface area contributed by atoms with Gasteiger partial charge in [-0.05, 0) is 29.4 Å². The molecule has 2 aromatic carbocycles. The molecule has 1 fully saturated rings. The van der Waals surface area contributed by atoms with Crippen LogP contribution in [0.3, 0.4) is 0 Å². The van der Waals surface area contributed by atoms with Gasteiger partial charge in [-0.25, -0.2) is 0 Å². The average molecular weight is 365 g/mol. The molecule has 1 saturated heterocycles. The summed E-state index contributed by atoms with van der Waals surface area (Å²) in [4.78, 5) is 14.5. The van der Waals surface area contributed by atoms with Crippen molar-refractivity contribution >= 4 is 40.3 Å². The first kappa shape index (κ1) is 16.1. The van der Waals surface area contributed by atoms with E-state index in [2.05, 4.69) is 6.08 Å². The fraction of sp³-hybridized carbons (Fsp3) is 0.100. The zero-order valence-corrected chi connectivity index (χ0v) is 15.1. The summed E-state index contributed by atoms with van der Waals surface area (Å²) in [7, 11) is 1.70. The van der Waals surface area contributed by atoms with E-state index in [0.29, 0.717) is 9.23 Å². The Kier molecular flexibility index (Phi) is 4.19. The Morgan fingerprint density at radius 1 is 1.12 bits per heavy atom. The summed E-state index contributed by atoms with van der Waals surface area (Å²) >= 11 is 6.55. The second-order valence-electron chi connectivity index (χ2n) is 5.83. The van der Waals surface area contributed by atoms with E-state index in [1.54, 1.807) is 7.05 Å². The number of thioether (sulfide) groups is 1. The number of hydrogen-bond acceptors (Lipinski definition) is 4. The van der Waals surface area contributed by atoms with Crippen molar-refractivity contribution in [3.63, 3.8) is 0 Å². The number of carbonyl (C=O) groups is 1. The topological polar surface area (TPSA) is 29.5 Å². The summed E-state index contributed by atoms with van der Waals surface area (Å²) < 4.78 is 6.82. The Morgan fingerprint density at radius 2 is 1.84 bits per heavy atom. The number of likely N-dealkylation sites (N-methyl/N-ethyl adjacent to an activating group) is 1. The van der Waals surface area contributed by atoms with Crippen molar-refractivity contribution in [2.24, 2.45) is 0 Å². The maximum Gasteiger partial charge on any atom is 0.265 e. The molecule has 1 unspecified atom stereocenters. The number of para-hydroxylation sites is 1. The highest BCUT2D eigenvalue weighted by atomic mass is 32.2. The van der Waals surface area contributed by atoms with Gasteiger partial charge in [-0.1, -0.05) is 72.5 Å². The van der Waals surface area contributed by atoms with E-state index in [1.165, 1.54) is 16.7 Å². The molecule has 2 aromatic rings. The molecule has 4 rings (SSSR count). The highest BCUT2D eigenvalue weighted by Gasteiger charge is 2.31. The Labute approximate surface area is 156 Å². The van der Waals surface area contributed by atoms with Gasteiger partial charge in [-0.15, -0.1) is 0 Å². The van der Waals surface area contributed by atoms with Gasteiger partial charge in [0.2, 0.25) is 0 Å². The van der Waals surface area contributed by atoms with Gasteiger partial charge in [-0.3, -0.25) is 9.69 Å². The highest BCUT2D eigenvalue weighted by molar-refractivity contribution is 8.26. The Balaban J connectivity index is 1.80. The first-order valence-corrected chi connectivity index (χ1v) is 9.10. The van der Waals surface area contributed by atoms with Crippen LogP contribution in [0.2, 0.25) is 0 Å². The van der Waals surface area contributed by atoms with E-state index < -0.39 is 0 Å². The molecule has 0 bridgehead atoms. The van der Waals surface area contributed by atoms with E-state index in [-0.39, 0.29) is 12.0 Å². The molecule has 0 aromatic heterocycles. The third-order valence-corrected chi connectivity index (χ3v) is 5.66. The van der Waals surface area contributed by atoms with Crippen molar-refractivity contribution in [3.8, 4) is 5.75 Å². The number of fused-ring (bicyclic) bond motifs is 1. The van der Waals surface area contributed by atoms with Crippen LogP contribution >= 0.6 is 24.0 Å². The summed E-state index contributed by atoms with van der Waals surface area (Å²) in [5.41, 5.74) is 3.00. The molecule has 3 nitrogen and oxygen atoms in total. The maximum absolute atomic E-state index is 12.4. The smallest absolute Gasteiger partial charge is 0.265 e. The molecule has 0 aliphatic carbocycles. The van der Waals surface area contributed by atoms with Crippen molar-refractivity contribution in [1.82, 2.24) is 4.90 Å². The van der Waals surface area contributed by atoms with Crippen LogP contribution in [0.25, 0.3) is 6.08 Å². The lowest BCUT2D eigenvalue weighted by Crippen LogP contribution is -2.22. The third kappa shape index (κ3) is 3.01. The number of rotatable bonds is 2. The third-order valence-electron chi connectivity index (χ3n) is 4.18. The lowest BCUT2D eigenvalue weighted by Gasteiger charge is -2.26. The van der Waals surface area contributed by atoms with Gasteiger partial charge < -0.3 is 4.74 Å². The number of hydrogen-bond donors (Lipinski definition) is 0. The molecule has 0 spiro atoms. The second kappa shape index (κ2) is 6.50. The molecule has 0 radical (unpaired) electrons. The summed E-state index contributed by atoms with van der Waals surface area (Å²) in [6, 6.07) is 17.9. The van der Waals surface area contributed by atoms with Gasteiger partial charge in [0.05, 0.1) is 4.91 Å². The number of ether oxygens (including phenoxy) is 1. The van der Waals surface area contributed by atoms with E-state index in [0.717, 1.165) is 22.4 Å². The normalized spacial score (nSPS) is 21.2. The van der Waals surface area contributed by atoms with Gasteiger partial charge in [0, 0.05) is 12.6 Å². The predicted octanol–water partition coefficient (Wildman–Crippen LogP) is 4.58. The monoisotopic (exact) mass is 365 g/mol. The maximum atomic E-state index is 12.4. The number of carbonyl (C=O) groups excluding carboxylic acids is 1. The Bertz CT molecular complexity index is 918. The summed E-state index contributed by atoms with van der Waals surface area (Å²) in [6.07, 6.45) is 3.73. The fourth-order valence-corrected chi connectivity index (χ4v) is 4.04. The van der Waals surface area contributed by atoms with Crippen LogP contribution in [0.4, 0.5) is 0 Å². The van der Waals surface area contributed by atoms with Crippen molar-refractivity contribution in [2.45, 2.75) is 6.10 Å². The van der Waals surface area contributed by atoms with Crippen molar-refractivity contribution in [2.75, 3.05) is 7.05 Å². The van der Waals surface area contributed by atoms with Gasteiger partial charge in [0.25, 0.3) is 5.91 Å². The minimum atomic E-state index is -0.253. The second-order valence-corrected chi connectivity index (χ2v) is 7.51. The minimum absolute atomic E-state index is 0.0680. The average Bonchev–Trinajstić information content (AvgIpc) is 2.89.